The van der Waals surface area contributed by atoms with Crippen molar-refractivity contribution in [2.45, 2.75) is 6.04 Å². The zero-order valence-corrected chi connectivity index (χ0v) is 9.75. The molecule has 2 saturated heterocycles. The van der Waals surface area contributed by atoms with E-state index >= 15 is 0 Å². The van der Waals surface area contributed by atoms with Gasteiger partial charge in [0.1, 0.15) is 0 Å². The molecular weight excluding hydrogens is 175 g/mol. The Balaban J connectivity index is 0.000000500. The Hall–Kier alpha value is 1.26. The van der Waals surface area contributed by atoms with E-state index in [1.54, 1.807) is 0 Å². The SMILES string of the molecule is O=C1N[C-]2CSCC2N1.[K+]. The van der Waals surface area contributed by atoms with E-state index < -0.39 is 0 Å². The van der Waals surface area contributed by atoms with Gasteiger partial charge in [-0.05, 0) is 5.75 Å². The first-order valence-corrected chi connectivity index (χ1v) is 4.03. The van der Waals surface area contributed by atoms with Gasteiger partial charge in [0, 0.05) is 0 Å². The Morgan fingerprint density at radius 2 is 2.50 bits per heavy atom. The standard InChI is InChI=1S/C5H7N2OS.K/c8-5-6-3-1-9-2-4(3)7-5;/h3H,1-2H2,(H2,6,7,8);/q-1;+1. The van der Waals surface area contributed by atoms with Crippen LogP contribution in [0.15, 0.2) is 0 Å². The van der Waals surface area contributed by atoms with Gasteiger partial charge in [-0.25, -0.2) is 0 Å². The molecule has 0 saturated carbocycles. The molecule has 0 radical (unpaired) electrons. The van der Waals surface area contributed by atoms with Gasteiger partial charge in [0.05, 0.1) is 0 Å². The summed E-state index contributed by atoms with van der Waals surface area (Å²) in [7, 11) is 0. The van der Waals surface area contributed by atoms with Crippen LogP contribution in [0.25, 0.3) is 0 Å². The Bertz CT molecular complexity index is 141. The van der Waals surface area contributed by atoms with Crippen molar-refractivity contribution in [3.8, 4) is 0 Å². The average molecular weight is 182 g/mol. The van der Waals surface area contributed by atoms with Crippen LogP contribution in [0.4, 0.5) is 4.79 Å². The number of nitrogens with one attached hydrogen (secondary N) is 2. The number of carbonyl (C=O) groups excluding carboxylic acids is 1. The summed E-state index contributed by atoms with van der Waals surface area (Å²) in [4.78, 5) is 10.6. The van der Waals surface area contributed by atoms with E-state index in [1.165, 1.54) is 0 Å². The summed E-state index contributed by atoms with van der Waals surface area (Å²) in [5.41, 5.74) is 0. The molecule has 1 unspecified atom stereocenters. The molecule has 0 spiro atoms. The molecule has 0 aromatic carbocycles. The number of carbonyl (C=O) groups is 1. The van der Waals surface area contributed by atoms with Gasteiger partial charge >= 0.3 is 51.4 Å². The van der Waals surface area contributed by atoms with Crippen LogP contribution in [0.5, 0.6) is 0 Å². The van der Waals surface area contributed by atoms with Crippen molar-refractivity contribution in [1.29, 1.82) is 0 Å². The van der Waals surface area contributed by atoms with Crippen molar-refractivity contribution in [1.82, 2.24) is 10.6 Å². The molecule has 1 atom stereocenters. The first kappa shape index (κ1) is 9.35. The maximum absolute atomic E-state index is 10.6. The number of urea groups is 1. The molecule has 0 aromatic rings. The maximum atomic E-state index is 10.6. The summed E-state index contributed by atoms with van der Waals surface area (Å²) in [5, 5.41) is 5.57. The number of amides is 2. The minimum absolute atomic E-state index is 0. The second-order valence-corrected chi connectivity index (χ2v) is 3.22. The number of rotatable bonds is 0. The predicted molar refractivity (Wildman–Crippen MR) is 36.0 cm³/mol. The Morgan fingerprint density at radius 3 is 3.20 bits per heavy atom. The quantitative estimate of drug-likeness (QED) is 0.237. The fraction of sp³-hybridized carbons (Fsp3) is 0.600. The summed E-state index contributed by atoms with van der Waals surface area (Å²) in [6, 6.07) is 1.45. The average Bonchev–Trinajstić information content (AvgIpc) is 2.22. The van der Waals surface area contributed by atoms with Gasteiger partial charge in [0.2, 0.25) is 0 Å². The molecule has 2 N–H and O–H groups in total. The van der Waals surface area contributed by atoms with E-state index in [1.807, 2.05) is 11.8 Å². The molecule has 2 fully saturated rings. The normalized spacial score (nSPS) is 30.4. The van der Waals surface area contributed by atoms with Crippen molar-refractivity contribution in [2.75, 3.05) is 11.5 Å². The molecule has 0 aliphatic carbocycles. The van der Waals surface area contributed by atoms with Crippen LogP contribution in [0.2, 0.25) is 0 Å². The molecule has 2 amide bonds. The molecule has 50 valence electrons. The Kier molecular flexibility index (Phi) is 3.53. The van der Waals surface area contributed by atoms with Crippen molar-refractivity contribution < 1.29 is 56.2 Å². The predicted octanol–water partition coefficient (Wildman–Crippen LogP) is -3.05. The summed E-state index contributed by atoms with van der Waals surface area (Å²) in [6.45, 7) is 0. The molecule has 2 heterocycles. The minimum atomic E-state index is -0.0321. The van der Waals surface area contributed by atoms with Crippen LogP contribution in [0, 0.1) is 6.04 Å². The number of fused-ring (bicyclic) bond motifs is 1. The third-order valence-electron chi connectivity index (χ3n) is 1.54. The van der Waals surface area contributed by atoms with E-state index in [-0.39, 0.29) is 57.4 Å². The van der Waals surface area contributed by atoms with Gasteiger partial charge < -0.3 is 10.6 Å². The molecule has 0 aromatic heterocycles. The first-order valence-electron chi connectivity index (χ1n) is 2.87. The van der Waals surface area contributed by atoms with Crippen LogP contribution in [-0.4, -0.2) is 23.6 Å². The van der Waals surface area contributed by atoms with E-state index in [4.69, 9.17) is 0 Å². The van der Waals surface area contributed by atoms with Crippen molar-refractivity contribution in [3.63, 3.8) is 0 Å². The first-order chi connectivity index (χ1) is 4.36. The van der Waals surface area contributed by atoms with E-state index in [2.05, 4.69) is 10.6 Å². The van der Waals surface area contributed by atoms with Gasteiger partial charge in [-0.3, -0.25) is 4.79 Å². The monoisotopic (exact) mass is 182 g/mol. The number of hydrogen-bond donors (Lipinski definition) is 2. The summed E-state index contributed by atoms with van der Waals surface area (Å²) < 4.78 is 0. The van der Waals surface area contributed by atoms with Crippen LogP contribution in [-0.2, 0) is 0 Å². The largest absolute Gasteiger partial charge is 1.00 e. The summed E-state index contributed by atoms with van der Waals surface area (Å²) in [5.74, 6) is 2.03. The maximum Gasteiger partial charge on any atom is 1.00 e. The third-order valence-corrected chi connectivity index (χ3v) is 2.63. The molecule has 0 bridgehead atoms. The fourth-order valence-electron chi connectivity index (χ4n) is 1.08. The van der Waals surface area contributed by atoms with Gasteiger partial charge in [-0.1, -0.05) is 6.04 Å². The fourth-order valence-corrected chi connectivity index (χ4v) is 2.21. The van der Waals surface area contributed by atoms with E-state index in [9.17, 15) is 4.79 Å². The van der Waals surface area contributed by atoms with Crippen molar-refractivity contribution >= 4 is 17.8 Å². The van der Waals surface area contributed by atoms with Gasteiger partial charge in [-0.2, -0.15) is 17.8 Å². The third kappa shape index (κ3) is 1.70. The molecule has 2 aliphatic rings. The Morgan fingerprint density at radius 1 is 1.70 bits per heavy atom. The zero-order chi connectivity index (χ0) is 6.27. The second kappa shape index (κ2) is 3.78. The van der Waals surface area contributed by atoms with Gasteiger partial charge in [0.15, 0.2) is 0 Å². The topological polar surface area (TPSA) is 41.1 Å². The minimum Gasteiger partial charge on any atom is -0.482 e. The van der Waals surface area contributed by atoms with E-state index in [0.29, 0.717) is 6.04 Å². The van der Waals surface area contributed by atoms with Crippen LogP contribution in [0.3, 0.4) is 0 Å². The molecule has 3 nitrogen and oxygen atoms in total. The van der Waals surface area contributed by atoms with Gasteiger partial charge in [-0.15, -0.1) is 5.75 Å². The van der Waals surface area contributed by atoms with Crippen LogP contribution < -0.4 is 62.0 Å². The smallest absolute Gasteiger partial charge is 0.482 e. The van der Waals surface area contributed by atoms with Crippen LogP contribution >= 0.6 is 11.8 Å². The number of hydrogen-bond acceptors (Lipinski definition) is 2. The summed E-state index contributed by atoms with van der Waals surface area (Å²) >= 11 is 1.85. The Labute approximate surface area is 106 Å². The molecule has 2 aliphatic heterocycles. The van der Waals surface area contributed by atoms with Gasteiger partial charge in [0.25, 0.3) is 6.03 Å². The molecule has 10 heavy (non-hydrogen) atoms. The van der Waals surface area contributed by atoms with Crippen molar-refractivity contribution in [3.05, 3.63) is 6.04 Å². The van der Waals surface area contributed by atoms with Crippen LogP contribution in [0.1, 0.15) is 0 Å². The molecular formula is C5H7KN2OS. The molecule has 5 heteroatoms. The number of thioether (sulfide) groups is 1. The summed E-state index contributed by atoms with van der Waals surface area (Å²) in [6.07, 6.45) is 0. The van der Waals surface area contributed by atoms with Crippen molar-refractivity contribution in [2.24, 2.45) is 0 Å². The second-order valence-electron chi connectivity index (χ2n) is 2.19. The zero-order valence-electron chi connectivity index (χ0n) is 5.81. The molecule has 2 rings (SSSR count). The van der Waals surface area contributed by atoms with E-state index in [0.717, 1.165) is 17.5 Å².